The van der Waals surface area contributed by atoms with Crippen LogP contribution in [0.15, 0.2) is 23.1 Å². The lowest BCUT2D eigenvalue weighted by molar-refractivity contribution is 0.185. The van der Waals surface area contributed by atoms with Crippen molar-refractivity contribution in [3.63, 3.8) is 0 Å². The molecule has 0 radical (unpaired) electrons. The summed E-state index contributed by atoms with van der Waals surface area (Å²) in [6.07, 6.45) is 2.88. The van der Waals surface area contributed by atoms with E-state index >= 15 is 0 Å². The summed E-state index contributed by atoms with van der Waals surface area (Å²) in [5.74, 6) is -0.774. The van der Waals surface area contributed by atoms with Crippen LogP contribution in [0.2, 0.25) is 0 Å². The highest BCUT2D eigenvalue weighted by Gasteiger charge is 2.38. The minimum Gasteiger partial charge on any atom is -0.394 e. The highest BCUT2D eigenvalue weighted by Crippen LogP contribution is 2.31. The molecule has 0 bridgehead atoms. The first-order valence-corrected chi connectivity index (χ1v) is 7.78. The van der Waals surface area contributed by atoms with Gasteiger partial charge in [-0.25, -0.2) is 17.5 Å². The van der Waals surface area contributed by atoms with Gasteiger partial charge in [-0.3, -0.25) is 0 Å². The molecular formula is C13H18FNO3S. The summed E-state index contributed by atoms with van der Waals surface area (Å²) < 4.78 is 40.7. The predicted octanol–water partition coefficient (Wildman–Crippen LogP) is 1.72. The highest BCUT2D eigenvalue weighted by atomic mass is 32.2. The van der Waals surface area contributed by atoms with E-state index in [4.69, 9.17) is 0 Å². The maximum atomic E-state index is 13.7. The molecule has 0 spiro atoms. The van der Waals surface area contributed by atoms with Crippen molar-refractivity contribution in [2.24, 2.45) is 0 Å². The second kappa shape index (κ2) is 5.19. The zero-order chi connectivity index (χ0) is 14.1. The van der Waals surface area contributed by atoms with Crippen molar-refractivity contribution >= 4 is 10.0 Å². The van der Waals surface area contributed by atoms with Crippen molar-refractivity contribution in [2.45, 2.75) is 43.0 Å². The molecule has 1 aromatic carbocycles. The molecule has 106 valence electrons. The van der Waals surface area contributed by atoms with Crippen molar-refractivity contribution in [2.75, 3.05) is 6.61 Å². The smallest absolute Gasteiger partial charge is 0.244 e. The summed E-state index contributed by atoms with van der Waals surface area (Å²) >= 11 is 0. The zero-order valence-electron chi connectivity index (χ0n) is 10.8. The van der Waals surface area contributed by atoms with Gasteiger partial charge in [0.1, 0.15) is 10.7 Å². The summed E-state index contributed by atoms with van der Waals surface area (Å²) in [4.78, 5) is -0.354. The molecule has 0 heterocycles. The maximum Gasteiger partial charge on any atom is 0.244 e. The Morgan fingerprint density at radius 2 is 2.00 bits per heavy atom. The van der Waals surface area contributed by atoms with E-state index in [0.29, 0.717) is 18.4 Å². The molecule has 6 heteroatoms. The molecule has 1 aromatic rings. The molecule has 0 saturated heterocycles. The highest BCUT2D eigenvalue weighted by molar-refractivity contribution is 7.89. The summed E-state index contributed by atoms with van der Waals surface area (Å²) in [5, 5.41) is 9.43. The molecule has 1 fully saturated rings. The van der Waals surface area contributed by atoms with Crippen LogP contribution < -0.4 is 4.72 Å². The van der Waals surface area contributed by atoms with Gasteiger partial charge in [-0.15, -0.1) is 0 Å². The number of nitrogens with one attached hydrogen (secondary N) is 1. The van der Waals surface area contributed by atoms with Gasteiger partial charge in [-0.2, -0.15) is 0 Å². The molecule has 1 aliphatic carbocycles. The van der Waals surface area contributed by atoms with Gasteiger partial charge in [-0.1, -0.05) is 18.9 Å². The number of halogens is 1. The van der Waals surface area contributed by atoms with Gasteiger partial charge in [0.25, 0.3) is 0 Å². The van der Waals surface area contributed by atoms with E-state index in [2.05, 4.69) is 4.72 Å². The number of aliphatic hydroxyl groups excluding tert-OH is 1. The first-order chi connectivity index (χ1) is 8.88. The second-order valence-electron chi connectivity index (χ2n) is 5.18. The Bertz CT molecular complexity index is 565. The molecule has 0 aromatic heterocycles. The Morgan fingerprint density at radius 3 is 2.58 bits per heavy atom. The van der Waals surface area contributed by atoms with Crippen molar-refractivity contribution < 1.29 is 17.9 Å². The average Bonchev–Trinajstić information content (AvgIpc) is 2.80. The van der Waals surface area contributed by atoms with Gasteiger partial charge in [0.2, 0.25) is 10.0 Å². The predicted molar refractivity (Wildman–Crippen MR) is 69.7 cm³/mol. The largest absolute Gasteiger partial charge is 0.394 e. The summed E-state index contributed by atoms with van der Waals surface area (Å²) in [7, 11) is -3.95. The van der Waals surface area contributed by atoms with Crippen LogP contribution in [0.25, 0.3) is 0 Å². The number of rotatable bonds is 4. The van der Waals surface area contributed by atoms with Crippen LogP contribution >= 0.6 is 0 Å². The third-order valence-electron chi connectivity index (χ3n) is 3.59. The second-order valence-corrected chi connectivity index (χ2v) is 6.84. The Hall–Kier alpha value is -0.980. The van der Waals surface area contributed by atoms with Crippen LogP contribution in [0.1, 0.15) is 31.2 Å². The van der Waals surface area contributed by atoms with Gasteiger partial charge in [-0.05, 0) is 37.5 Å². The summed E-state index contributed by atoms with van der Waals surface area (Å²) in [6, 6.07) is 3.97. The van der Waals surface area contributed by atoms with Crippen LogP contribution in [-0.4, -0.2) is 25.7 Å². The van der Waals surface area contributed by atoms with Crippen molar-refractivity contribution in [3.8, 4) is 0 Å². The summed E-state index contributed by atoms with van der Waals surface area (Å²) in [6.45, 7) is 1.44. The minimum atomic E-state index is -3.95. The molecule has 0 amide bonds. The molecular weight excluding hydrogens is 269 g/mol. The van der Waals surface area contributed by atoms with E-state index in [1.54, 1.807) is 6.92 Å². The Labute approximate surface area is 112 Å². The van der Waals surface area contributed by atoms with E-state index in [9.17, 15) is 17.9 Å². The Kier molecular flexibility index (Phi) is 3.94. The molecule has 19 heavy (non-hydrogen) atoms. The number of hydrogen-bond acceptors (Lipinski definition) is 3. The normalized spacial score (nSPS) is 18.7. The van der Waals surface area contributed by atoms with Gasteiger partial charge >= 0.3 is 0 Å². The van der Waals surface area contributed by atoms with E-state index < -0.39 is 21.4 Å². The first kappa shape index (κ1) is 14.4. The van der Waals surface area contributed by atoms with Crippen LogP contribution in [-0.2, 0) is 10.0 Å². The van der Waals surface area contributed by atoms with Gasteiger partial charge in [0.15, 0.2) is 0 Å². The monoisotopic (exact) mass is 287 g/mol. The van der Waals surface area contributed by atoms with E-state index in [-0.39, 0.29) is 11.5 Å². The molecule has 0 atom stereocenters. The molecule has 1 saturated carbocycles. The fraction of sp³-hybridized carbons (Fsp3) is 0.538. The number of aliphatic hydroxyl groups is 1. The van der Waals surface area contributed by atoms with Gasteiger partial charge in [0.05, 0.1) is 12.1 Å². The van der Waals surface area contributed by atoms with Crippen LogP contribution in [0.4, 0.5) is 4.39 Å². The number of aryl methyl sites for hydroxylation is 1. The van der Waals surface area contributed by atoms with Crippen molar-refractivity contribution in [1.82, 2.24) is 4.72 Å². The standard InChI is InChI=1S/C13H18FNO3S/c1-10-4-5-11(14)12(8-10)19(17,18)15-13(9-16)6-2-3-7-13/h4-5,8,15-16H,2-3,6-7,9H2,1H3. The van der Waals surface area contributed by atoms with Crippen LogP contribution in [0, 0.1) is 12.7 Å². The third-order valence-corrected chi connectivity index (χ3v) is 5.18. The Morgan fingerprint density at radius 1 is 1.37 bits per heavy atom. The first-order valence-electron chi connectivity index (χ1n) is 6.30. The molecule has 1 aliphatic rings. The zero-order valence-corrected chi connectivity index (χ0v) is 11.6. The SMILES string of the molecule is Cc1ccc(F)c(S(=O)(=O)NC2(CO)CCCC2)c1. The van der Waals surface area contributed by atoms with E-state index in [1.807, 2.05) is 0 Å². The third kappa shape index (κ3) is 2.96. The van der Waals surface area contributed by atoms with E-state index in [0.717, 1.165) is 18.9 Å². The minimum absolute atomic E-state index is 0.264. The maximum absolute atomic E-state index is 13.7. The molecule has 2 rings (SSSR count). The van der Waals surface area contributed by atoms with Gasteiger partial charge in [0, 0.05) is 0 Å². The van der Waals surface area contributed by atoms with Crippen LogP contribution in [0.3, 0.4) is 0 Å². The summed E-state index contributed by atoms with van der Waals surface area (Å²) in [5.41, 5.74) is -0.166. The topological polar surface area (TPSA) is 66.4 Å². The molecule has 0 unspecified atom stereocenters. The van der Waals surface area contributed by atoms with Crippen LogP contribution in [0.5, 0.6) is 0 Å². The lowest BCUT2D eigenvalue weighted by Gasteiger charge is -2.27. The fourth-order valence-electron chi connectivity index (χ4n) is 2.50. The quantitative estimate of drug-likeness (QED) is 0.886. The van der Waals surface area contributed by atoms with Crippen molar-refractivity contribution in [1.29, 1.82) is 0 Å². The number of benzene rings is 1. The molecule has 2 N–H and O–H groups in total. The van der Waals surface area contributed by atoms with Gasteiger partial charge < -0.3 is 5.11 Å². The number of hydrogen-bond donors (Lipinski definition) is 2. The number of sulfonamides is 1. The van der Waals surface area contributed by atoms with Crippen molar-refractivity contribution in [3.05, 3.63) is 29.6 Å². The fourth-order valence-corrected chi connectivity index (χ4v) is 4.12. The van der Waals surface area contributed by atoms with E-state index in [1.165, 1.54) is 12.1 Å². The molecule has 4 nitrogen and oxygen atoms in total. The Balaban J connectivity index is 2.34. The lowest BCUT2D eigenvalue weighted by atomic mass is 10.0. The average molecular weight is 287 g/mol. The lowest BCUT2D eigenvalue weighted by Crippen LogP contribution is -2.49. The molecule has 0 aliphatic heterocycles.